The van der Waals surface area contributed by atoms with E-state index in [9.17, 15) is 0 Å². The summed E-state index contributed by atoms with van der Waals surface area (Å²) in [5.74, 6) is 0.723. The SMILES string of the molecule is CN1CCC(NC2CCCCC2c2ccccc2)C1. The summed E-state index contributed by atoms with van der Waals surface area (Å²) in [7, 11) is 2.23. The zero-order valence-corrected chi connectivity index (χ0v) is 12.0. The number of hydrogen-bond acceptors (Lipinski definition) is 2. The third-order valence-corrected chi connectivity index (χ3v) is 4.83. The Kier molecular flexibility index (Phi) is 4.19. The fourth-order valence-electron chi connectivity index (χ4n) is 3.80. The summed E-state index contributed by atoms with van der Waals surface area (Å²) in [5.41, 5.74) is 1.53. The van der Waals surface area contributed by atoms with Crippen molar-refractivity contribution < 1.29 is 0 Å². The van der Waals surface area contributed by atoms with Gasteiger partial charge < -0.3 is 10.2 Å². The van der Waals surface area contributed by atoms with Gasteiger partial charge in [-0.3, -0.25) is 0 Å². The van der Waals surface area contributed by atoms with Gasteiger partial charge in [-0.05, 0) is 44.3 Å². The molecule has 1 aliphatic carbocycles. The molecule has 3 unspecified atom stereocenters. The van der Waals surface area contributed by atoms with Crippen LogP contribution in [0.25, 0.3) is 0 Å². The van der Waals surface area contributed by atoms with Crippen LogP contribution in [0, 0.1) is 0 Å². The topological polar surface area (TPSA) is 15.3 Å². The molecule has 19 heavy (non-hydrogen) atoms. The van der Waals surface area contributed by atoms with Crippen molar-refractivity contribution in [2.75, 3.05) is 20.1 Å². The molecule has 2 nitrogen and oxygen atoms in total. The summed E-state index contributed by atoms with van der Waals surface area (Å²) in [5, 5.41) is 3.96. The molecule has 2 heteroatoms. The van der Waals surface area contributed by atoms with Gasteiger partial charge in [0.05, 0.1) is 0 Å². The highest BCUT2D eigenvalue weighted by Gasteiger charge is 2.29. The van der Waals surface area contributed by atoms with Crippen molar-refractivity contribution in [2.45, 2.75) is 50.1 Å². The molecule has 0 bridgehead atoms. The fraction of sp³-hybridized carbons (Fsp3) is 0.647. The van der Waals surface area contributed by atoms with E-state index in [4.69, 9.17) is 0 Å². The maximum absolute atomic E-state index is 3.96. The van der Waals surface area contributed by atoms with Crippen LogP contribution < -0.4 is 5.32 Å². The first-order valence-electron chi connectivity index (χ1n) is 7.82. The zero-order chi connectivity index (χ0) is 13.1. The molecule has 1 aromatic rings. The molecule has 1 N–H and O–H groups in total. The lowest BCUT2D eigenvalue weighted by atomic mass is 9.79. The highest BCUT2D eigenvalue weighted by atomic mass is 15.2. The second kappa shape index (κ2) is 6.06. The van der Waals surface area contributed by atoms with Crippen molar-refractivity contribution in [2.24, 2.45) is 0 Å². The Morgan fingerprint density at radius 3 is 2.58 bits per heavy atom. The van der Waals surface area contributed by atoms with Crippen LogP contribution in [0.1, 0.15) is 43.6 Å². The Hall–Kier alpha value is -0.860. The highest BCUT2D eigenvalue weighted by Crippen LogP contribution is 2.33. The molecule has 0 aromatic heterocycles. The van der Waals surface area contributed by atoms with Gasteiger partial charge in [0.1, 0.15) is 0 Å². The minimum Gasteiger partial charge on any atom is -0.309 e. The van der Waals surface area contributed by atoms with E-state index < -0.39 is 0 Å². The van der Waals surface area contributed by atoms with Gasteiger partial charge in [-0.2, -0.15) is 0 Å². The Bertz CT molecular complexity index is 390. The van der Waals surface area contributed by atoms with Crippen LogP contribution in [-0.4, -0.2) is 37.1 Å². The van der Waals surface area contributed by atoms with Crippen LogP contribution in [0.3, 0.4) is 0 Å². The lowest BCUT2D eigenvalue weighted by Crippen LogP contribution is -2.44. The first-order valence-corrected chi connectivity index (χ1v) is 7.82. The van der Waals surface area contributed by atoms with E-state index in [1.807, 2.05) is 0 Å². The molecule has 1 aromatic carbocycles. The van der Waals surface area contributed by atoms with Crippen LogP contribution in [0.5, 0.6) is 0 Å². The second-order valence-corrected chi connectivity index (χ2v) is 6.32. The van der Waals surface area contributed by atoms with E-state index in [2.05, 4.69) is 47.6 Å². The van der Waals surface area contributed by atoms with Gasteiger partial charge in [-0.1, -0.05) is 43.2 Å². The number of likely N-dealkylation sites (N-methyl/N-ethyl adjacent to an activating group) is 1. The summed E-state index contributed by atoms with van der Waals surface area (Å²) >= 11 is 0. The Morgan fingerprint density at radius 1 is 1.05 bits per heavy atom. The molecule has 3 atom stereocenters. The molecular weight excluding hydrogens is 232 g/mol. The first-order chi connectivity index (χ1) is 9.33. The molecule has 2 fully saturated rings. The molecule has 1 saturated carbocycles. The lowest BCUT2D eigenvalue weighted by Gasteiger charge is -2.34. The van der Waals surface area contributed by atoms with E-state index in [1.54, 1.807) is 0 Å². The number of nitrogens with one attached hydrogen (secondary N) is 1. The van der Waals surface area contributed by atoms with Crippen LogP contribution in [0.15, 0.2) is 30.3 Å². The number of likely N-dealkylation sites (tertiary alicyclic amines) is 1. The summed E-state index contributed by atoms with van der Waals surface area (Å²) in [6.07, 6.45) is 6.80. The molecule has 0 radical (unpaired) electrons. The van der Waals surface area contributed by atoms with Crippen molar-refractivity contribution in [3.05, 3.63) is 35.9 Å². The van der Waals surface area contributed by atoms with E-state index in [0.29, 0.717) is 12.1 Å². The molecule has 3 rings (SSSR count). The molecule has 1 aliphatic heterocycles. The van der Waals surface area contributed by atoms with Crippen molar-refractivity contribution in [1.29, 1.82) is 0 Å². The van der Waals surface area contributed by atoms with Crippen LogP contribution in [0.4, 0.5) is 0 Å². The van der Waals surface area contributed by atoms with Crippen molar-refractivity contribution in [1.82, 2.24) is 10.2 Å². The molecule has 0 amide bonds. The molecular formula is C17H26N2. The van der Waals surface area contributed by atoms with Gasteiger partial charge >= 0.3 is 0 Å². The summed E-state index contributed by atoms with van der Waals surface area (Å²) in [6.45, 7) is 2.47. The van der Waals surface area contributed by atoms with Gasteiger partial charge in [-0.15, -0.1) is 0 Å². The van der Waals surface area contributed by atoms with Crippen LogP contribution in [0.2, 0.25) is 0 Å². The van der Waals surface area contributed by atoms with Gasteiger partial charge in [0, 0.05) is 18.6 Å². The van der Waals surface area contributed by atoms with Crippen LogP contribution in [-0.2, 0) is 0 Å². The standard InChI is InChI=1S/C17H26N2/c1-19-12-11-15(13-19)18-17-10-6-5-9-16(17)14-7-3-2-4-8-14/h2-4,7-8,15-18H,5-6,9-13H2,1H3. The Labute approximate surface area is 117 Å². The average molecular weight is 258 g/mol. The maximum Gasteiger partial charge on any atom is 0.0209 e. The van der Waals surface area contributed by atoms with E-state index in [-0.39, 0.29) is 0 Å². The highest BCUT2D eigenvalue weighted by molar-refractivity contribution is 5.22. The predicted octanol–water partition coefficient (Wildman–Crippen LogP) is 3.01. The summed E-state index contributed by atoms with van der Waals surface area (Å²) in [6, 6.07) is 12.5. The Morgan fingerprint density at radius 2 is 1.84 bits per heavy atom. The quantitative estimate of drug-likeness (QED) is 0.896. The Balaban J connectivity index is 1.67. The normalized spacial score (nSPS) is 32.6. The first kappa shape index (κ1) is 13.1. The minimum atomic E-state index is 0.688. The number of hydrogen-bond donors (Lipinski definition) is 1. The average Bonchev–Trinajstić information content (AvgIpc) is 2.86. The van der Waals surface area contributed by atoms with Gasteiger partial charge in [0.15, 0.2) is 0 Å². The van der Waals surface area contributed by atoms with Gasteiger partial charge in [0.2, 0.25) is 0 Å². The van der Waals surface area contributed by atoms with Crippen molar-refractivity contribution in [3.63, 3.8) is 0 Å². The maximum atomic E-state index is 3.96. The number of rotatable bonds is 3. The second-order valence-electron chi connectivity index (χ2n) is 6.32. The van der Waals surface area contributed by atoms with Gasteiger partial charge in [-0.25, -0.2) is 0 Å². The third kappa shape index (κ3) is 3.18. The lowest BCUT2D eigenvalue weighted by molar-refractivity contribution is 0.295. The molecule has 0 spiro atoms. The molecule has 1 heterocycles. The molecule has 2 aliphatic rings. The predicted molar refractivity (Wildman–Crippen MR) is 80.5 cm³/mol. The van der Waals surface area contributed by atoms with Crippen molar-refractivity contribution >= 4 is 0 Å². The number of nitrogens with zero attached hydrogens (tertiary/aromatic N) is 1. The van der Waals surface area contributed by atoms with Gasteiger partial charge in [0.25, 0.3) is 0 Å². The fourth-order valence-corrected chi connectivity index (χ4v) is 3.80. The molecule has 104 valence electrons. The minimum absolute atomic E-state index is 0.688. The van der Waals surface area contributed by atoms with E-state index in [1.165, 1.54) is 50.8 Å². The van der Waals surface area contributed by atoms with Crippen LogP contribution >= 0.6 is 0 Å². The van der Waals surface area contributed by atoms with E-state index >= 15 is 0 Å². The molecule has 1 saturated heterocycles. The largest absolute Gasteiger partial charge is 0.309 e. The number of benzene rings is 1. The monoisotopic (exact) mass is 258 g/mol. The van der Waals surface area contributed by atoms with Crippen molar-refractivity contribution in [3.8, 4) is 0 Å². The zero-order valence-electron chi connectivity index (χ0n) is 12.0. The summed E-state index contributed by atoms with van der Waals surface area (Å²) in [4.78, 5) is 2.44. The van der Waals surface area contributed by atoms with E-state index in [0.717, 1.165) is 5.92 Å². The smallest absolute Gasteiger partial charge is 0.0209 e. The third-order valence-electron chi connectivity index (χ3n) is 4.83. The summed E-state index contributed by atoms with van der Waals surface area (Å²) < 4.78 is 0.